The van der Waals surface area contributed by atoms with Crippen molar-refractivity contribution in [3.8, 4) is 0 Å². The van der Waals surface area contributed by atoms with Gasteiger partial charge in [0, 0.05) is 32.1 Å². The van der Waals surface area contributed by atoms with Crippen molar-refractivity contribution in [2.24, 2.45) is 7.05 Å². The molecular formula is C10H16ClN3O2. The van der Waals surface area contributed by atoms with Crippen molar-refractivity contribution in [3.05, 3.63) is 17.0 Å². The van der Waals surface area contributed by atoms with Gasteiger partial charge < -0.3 is 10.1 Å². The van der Waals surface area contributed by atoms with Crippen LogP contribution in [0.2, 0.25) is 0 Å². The van der Waals surface area contributed by atoms with E-state index in [1.165, 1.54) is 0 Å². The molecule has 0 saturated heterocycles. The quantitative estimate of drug-likeness (QED) is 0.778. The number of nitrogens with zero attached hydrogens (tertiary/aromatic N) is 2. The average molecular weight is 246 g/mol. The minimum Gasteiger partial charge on any atom is -0.461 e. The Balaban J connectivity index is 0.00000128. The van der Waals surface area contributed by atoms with Gasteiger partial charge in [-0.25, -0.2) is 4.79 Å². The van der Waals surface area contributed by atoms with Gasteiger partial charge >= 0.3 is 5.97 Å². The lowest BCUT2D eigenvalue weighted by Gasteiger charge is -2.12. The number of rotatable bonds is 2. The third-order valence-electron chi connectivity index (χ3n) is 2.54. The number of nitrogens with one attached hydrogen (secondary N) is 1. The molecule has 0 fully saturated rings. The fraction of sp³-hybridized carbons (Fsp3) is 0.600. The molecule has 5 nitrogen and oxygen atoms in total. The zero-order valence-electron chi connectivity index (χ0n) is 9.45. The summed E-state index contributed by atoms with van der Waals surface area (Å²) in [7, 11) is 1.78. The zero-order valence-corrected chi connectivity index (χ0v) is 10.3. The monoisotopic (exact) mass is 245 g/mol. The minimum atomic E-state index is -0.280. The molecule has 2 heterocycles. The van der Waals surface area contributed by atoms with E-state index in [2.05, 4.69) is 10.4 Å². The van der Waals surface area contributed by atoms with Gasteiger partial charge in [-0.15, -0.1) is 12.4 Å². The zero-order chi connectivity index (χ0) is 10.8. The Morgan fingerprint density at radius 1 is 1.62 bits per heavy atom. The molecule has 0 amide bonds. The predicted octanol–water partition coefficient (Wildman–Crippen LogP) is 0.664. The van der Waals surface area contributed by atoms with Crippen molar-refractivity contribution in [1.82, 2.24) is 15.1 Å². The number of carbonyl (C=O) groups excluding carboxylic acids is 1. The molecule has 0 unspecified atom stereocenters. The molecule has 0 radical (unpaired) electrons. The molecule has 90 valence electrons. The van der Waals surface area contributed by atoms with Crippen LogP contribution in [-0.4, -0.2) is 28.9 Å². The predicted molar refractivity (Wildman–Crippen MR) is 61.8 cm³/mol. The Morgan fingerprint density at radius 2 is 2.38 bits per heavy atom. The van der Waals surface area contributed by atoms with Gasteiger partial charge in [0.1, 0.15) is 0 Å². The normalized spacial score (nSPS) is 13.9. The molecule has 1 aromatic rings. The molecule has 0 aromatic carbocycles. The van der Waals surface area contributed by atoms with Crippen LogP contribution in [0.15, 0.2) is 0 Å². The molecule has 6 heteroatoms. The van der Waals surface area contributed by atoms with Crippen molar-refractivity contribution >= 4 is 18.4 Å². The lowest BCUT2D eigenvalue weighted by atomic mass is 10.1. The molecule has 0 bridgehead atoms. The van der Waals surface area contributed by atoms with Crippen LogP contribution in [0.5, 0.6) is 0 Å². The first-order valence-electron chi connectivity index (χ1n) is 5.16. The van der Waals surface area contributed by atoms with Gasteiger partial charge in [0.2, 0.25) is 0 Å². The molecule has 1 aliphatic rings. The molecule has 16 heavy (non-hydrogen) atoms. The Labute approximate surface area is 101 Å². The molecule has 0 atom stereocenters. The van der Waals surface area contributed by atoms with Gasteiger partial charge in [-0.3, -0.25) is 4.68 Å². The first kappa shape index (κ1) is 13.0. The van der Waals surface area contributed by atoms with Gasteiger partial charge in [0.25, 0.3) is 0 Å². The molecule has 1 N–H and O–H groups in total. The number of aryl methyl sites for hydroxylation is 1. The molecule has 0 saturated carbocycles. The topological polar surface area (TPSA) is 56.1 Å². The number of ether oxygens (including phenoxy) is 1. The first-order valence-corrected chi connectivity index (χ1v) is 5.16. The first-order chi connectivity index (χ1) is 7.24. The number of esters is 1. The largest absolute Gasteiger partial charge is 0.461 e. The number of hydrogen-bond acceptors (Lipinski definition) is 4. The third kappa shape index (κ3) is 2.20. The molecule has 0 spiro atoms. The van der Waals surface area contributed by atoms with Crippen LogP contribution in [0.1, 0.15) is 28.7 Å². The van der Waals surface area contributed by atoms with Crippen LogP contribution < -0.4 is 5.32 Å². The van der Waals surface area contributed by atoms with Crippen molar-refractivity contribution < 1.29 is 9.53 Å². The number of carbonyl (C=O) groups is 1. The number of hydrogen-bond donors (Lipinski definition) is 1. The van der Waals surface area contributed by atoms with E-state index in [4.69, 9.17) is 4.74 Å². The van der Waals surface area contributed by atoms with Crippen molar-refractivity contribution in [2.45, 2.75) is 19.9 Å². The lowest BCUT2D eigenvalue weighted by molar-refractivity contribution is 0.0512. The molecule has 0 aliphatic carbocycles. The lowest BCUT2D eigenvalue weighted by Crippen LogP contribution is -2.24. The van der Waals surface area contributed by atoms with E-state index in [-0.39, 0.29) is 18.4 Å². The summed E-state index contributed by atoms with van der Waals surface area (Å²) in [4.78, 5) is 11.7. The number of aromatic nitrogens is 2. The second-order valence-corrected chi connectivity index (χ2v) is 3.54. The van der Waals surface area contributed by atoms with E-state index in [0.717, 1.165) is 24.2 Å². The summed E-state index contributed by atoms with van der Waals surface area (Å²) >= 11 is 0. The van der Waals surface area contributed by atoms with Gasteiger partial charge in [-0.2, -0.15) is 5.10 Å². The maximum atomic E-state index is 11.7. The van der Waals surface area contributed by atoms with Gasteiger partial charge in [0.05, 0.1) is 12.3 Å². The second-order valence-electron chi connectivity index (χ2n) is 3.54. The Kier molecular flexibility index (Phi) is 4.32. The highest BCUT2D eigenvalue weighted by Crippen LogP contribution is 2.18. The summed E-state index contributed by atoms with van der Waals surface area (Å²) in [5.74, 6) is -0.280. The summed E-state index contributed by atoms with van der Waals surface area (Å²) in [5.41, 5.74) is 2.58. The van der Waals surface area contributed by atoms with Crippen molar-refractivity contribution in [2.75, 3.05) is 13.2 Å². The Hall–Kier alpha value is -1.07. The van der Waals surface area contributed by atoms with Crippen LogP contribution >= 0.6 is 12.4 Å². The average Bonchev–Trinajstić information content (AvgIpc) is 2.54. The number of halogens is 1. The minimum absolute atomic E-state index is 0. The van der Waals surface area contributed by atoms with E-state index in [1.807, 2.05) is 0 Å². The van der Waals surface area contributed by atoms with Gasteiger partial charge in [0.15, 0.2) is 5.69 Å². The maximum Gasteiger partial charge on any atom is 0.356 e. The highest BCUT2D eigenvalue weighted by atomic mass is 35.5. The molecule has 2 rings (SSSR count). The fourth-order valence-corrected chi connectivity index (χ4v) is 1.88. The van der Waals surface area contributed by atoms with Crippen LogP contribution in [-0.2, 0) is 24.8 Å². The Bertz CT molecular complexity index is 390. The van der Waals surface area contributed by atoms with Crippen LogP contribution in [0.25, 0.3) is 0 Å². The van der Waals surface area contributed by atoms with Crippen LogP contribution in [0, 0.1) is 0 Å². The van der Waals surface area contributed by atoms with E-state index in [0.29, 0.717) is 18.8 Å². The van der Waals surface area contributed by atoms with Gasteiger partial charge in [-0.05, 0) is 6.92 Å². The SMILES string of the molecule is CCOC(=O)c1c2c(nn1C)CCNC2.Cl. The summed E-state index contributed by atoms with van der Waals surface area (Å²) in [5, 5.41) is 7.56. The Morgan fingerprint density at radius 3 is 3.06 bits per heavy atom. The fourth-order valence-electron chi connectivity index (χ4n) is 1.88. The summed E-state index contributed by atoms with van der Waals surface area (Å²) in [6, 6.07) is 0. The highest BCUT2D eigenvalue weighted by molar-refractivity contribution is 5.89. The maximum absolute atomic E-state index is 11.7. The smallest absolute Gasteiger partial charge is 0.356 e. The van der Waals surface area contributed by atoms with Crippen LogP contribution in [0.3, 0.4) is 0 Å². The van der Waals surface area contributed by atoms with Crippen molar-refractivity contribution in [3.63, 3.8) is 0 Å². The van der Waals surface area contributed by atoms with E-state index < -0.39 is 0 Å². The highest BCUT2D eigenvalue weighted by Gasteiger charge is 2.24. The summed E-state index contributed by atoms with van der Waals surface area (Å²) < 4.78 is 6.63. The molecular weight excluding hydrogens is 230 g/mol. The van der Waals surface area contributed by atoms with E-state index >= 15 is 0 Å². The second kappa shape index (κ2) is 5.32. The molecule has 1 aromatic heterocycles. The van der Waals surface area contributed by atoms with E-state index in [9.17, 15) is 4.79 Å². The van der Waals surface area contributed by atoms with Gasteiger partial charge in [-0.1, -0.05) is 0 Å². The standard InChI is InChI=1S/C10H15N3O2.ClH/c1-3-15-10(14)9-7-6-11-5-4-8(7)12-13(9)2;/h11H,3-6H2,1-2H3;1H. The summed E-state index contributed by atoms with van der Waals surface area (Å²) in [6.45, 7) is 3.83. The van der Waals surface area contributed by atoms with E-state index in [1.54, 1.807) is 18.7 Å². The number of fused-ring (bicyclic) bond motifs is 1. The van der Waals surface area contributed by atoms with Crippen LogP contribution in [0.4, 0.5) is 0 Å². The molecule has 1 aliphatic heterocycles. The van der Waals surface area contributed by atoms with Crippen molar-refractivity contribution in [1.29, 1.82) is 0 Å². The summed E-state index contributed by atoms with van der Waals surface area (Å²) in [6.07, 6.45) is 0.878. The third-order valence-corrected chi connectivity index (χ3v) is 2.54.